The molecular weight excluding hydrogens is 262 g/mol. The van der Waals surface area contributed by atoms with Gasteiger partial charge in [0, 0.05) is 0 Å². The lowest BCUT2D eigenvalue weighted by Crippen LogP contribution is -2.33. The lowest BCUT2D eigenvalue weighted by molar-refractivity contribution is -0.123. The minimum atomic E-state index is -0.118. The van der Waals surface area contributed by atoms with Crippen LogP contribution >= 0.6 is 0 Å². The Hall–Kier alpha value is -1.90. The molecule has 1 saturated carbocycles. The SMILES string of the molecule is CC(C)c1ccccc1N1C(=O)C2C3C=CC(C3)C2C1=O. The highest BCUT2D eigenvalue weighted by atomic mass is 16.2. The predicted octanol–water partition coefficient (Wildman–Crippen LogP) is 3.12. The molecule has 3 aliphatic rings. The van der Waals surface area contributed by atoms with Crippen LogP contribution in [0.1, 0.15) is 31.7 Å². The van der Waals surface area contributed by atoms with Crippen LogP contribution in [0.25, 0.3) is 0 Å². The molecule has 1 aromatic rings. The van der Waals surface area contributed by atoms with Gasteiger partial charge in [0.05, 0.1) is 17.5 Å². The second-order valence-corrected chi connectivity index (χ2v) is 6.73. The third-order valence-electron chi connectivity index (χ3n) is 5.27. The molecule has 4 atom stereocenters. The quantitative estimate of drug-likeness (QED) is 0.617. The van der Waals surface area contributed by atoms with Crippen LogP contribution in [0.15, 0.2) is 36.4 Å². The number of rotatable bonds is 2. The third kappa shape index (κ3) is 1.60. The van der Waals surface area contributed by atoms with Gasteiger partial charge >= 0.3 is 0 Å². The fraction of sp³-hybridized carbons (Fsp3) is 0.444. The van der Waals surface area contributed by atoms with Crippen molar-refractivity contribution >= 4 is 17.5 Å². The summed E-state index contributed by atoms with van der Waals surface area (Å²) in [7, 11) is 0. The summed E-state index contributed by atoms with van der Waals surface area (Å²) in [6.45, 7) is 4.19. The summed E-state index contributed by atoms with van der Waals surface area (Å²) in [4.78, 5) is 27.1. The van der Waals surface area contributed by atoms with Crippen molar-refractivity contribution in [1.82, 2.24) is 0 Å². The van der Waals surface area contributed by atoms with Gasteiger partial charge in [0.25, 0.3) is 0 Å². The first-order chi connectivity index (χ1) is 10.1. The molecule has 3 nitrogen and oxygen atoms in total. The van der Waals surface area contributed by atoms with Crippen LogP contribution in [0.4, 0.5) is 5.69 Å². The second-order valence-electron chi connectivity index (χ2n) is 6.73. The van der Waals surface area contributed by atoms with E-state index in [1.54, 1.807) is 0 Å². The molecule has 0 N–H and O–H groups in total. The van der Waals surface area contributed by atoms with Crippen molar-refractivity contribution in [2.24, 2.45) is 23.7 Å². The van der Waals surface area contributed by atoms with Gasteiger partial charge in [-0.3, -0.25) is 9.59 Å². The number of hydrogen-bond acceptors (Lipinski definition) is 2. The molecule has 21 heavy (non-hydrogen) atoms. The molecule has 4 rings (SSSR count). The van der Waals surface area contributed by atoms with E-state index in [2.05, 4.69) is 26.0 Å². The molecule has 2 fully saturated rings. The molecule has 2 bridgehead atoms. The average Bonchev–Trinajstić information content (AvgIpc) is 3.13. The smallest absolute Gasteiger partial charge is 0.238 e. The maximum Gasteiger partial charge on any atom is 0.238 e. The number of carbonyl (C=O) groups excluding carboxylic acids is 2. The third-order valence-corrected chi connectivity index (χ3v) is 5.27. The molecule has 1 saturated heterocycles. The lowest BCUT2D eigenvalue weighted by Gasteiger charge is -2.22. The van der Waals surface area contributed by atoms with Crippen molar-refractivity contribution in [2.75, 3.05) is 4.90 Å². The molecule has 2 aliphatic carbocycles. The Morgan fingerprint density at radius 2 is 1.57 bits per heavy atom. The molecule has 3 heteroatoms. The molecule has 0 spiro atoms. The standard InChI is InChI=1S/C18H19NO2/c1-10(2)13-5-3-4-6-14(13)19-17(20)15-11-7-8-12(9-11)16(15)18(19)21/h3-8,10-12,15-16H,9H2,1-2H3. The molecular formula is C18H19NO2. The van der Waals surface area contributed by atoms with Crippen LogP contribution in [0.5, 0.6) is 0 Å². The first-order valence-electron chi connectivity index (χ1n) is 7.74. The zero-order valence-electron chi connectivity index (χ0n) is 12.3. The van der Waals surface area contributed by atoms with Gasteiger partial charge in [-0.05, 0) is 35.8 Å². The first kappa shape index (κ1) is 12.8. The number of amides is 2. The van der Waals surface area contributed by atoms with Crippen molar-refractivity contribution in [3.63, 3.8) is 0 Å². The summed E-state index contributed by atoms with van der Waals surface area (Å²) < 4.78 is 0. The number of benzene rings is 1. The summed E-state index contributed by atoms with van der Waals surface area (Å²) in [6, 6.07) is 7.79. The summed E-state index contributed by atoms with van der Waals surface area (Å²) >= 11 is 0. The van der Waals surface area contributed by atoms with E-state index in [9.17, 15) is 9.59 Å². The topological polar surface area (TPSA) is 37.4 Å². The van der Waals surface area contributed by atoms with Gasteiger partial charge in [-0.25, -0.2) is 4.90 Å². The molecule has 1 aliphatic heterocycles. The van der Waals surface area contributed by atoms with E-state index in [-0.39, 0.29) is 41.4 Å². The van der Waals surface area contributed by atoms with Crippen molar-refractivity contribution < 1.29 is 9.59 Å². The van der Waals surface area contributed by atoms with Gasteiger partial charge in [0.1, 0.15) is 0 Å². The minimum absolute atomic E-state index is 0.00921. The Balaban J connectivity index is 1.78. The van der Waals surface area contributed by atoms with Gasteiger partial charge in [-0.15, -0.1) is 0 Å². The van der Waals surface area contributed by atoms with E-state index in [4.69, 9.17) is 0 Å². The summed E-state index contributed by atoms with van der Waals surface area (Å²) in [5.74, 6) is 0.614. The predicted molar refractivity (Wildman–Crippen MR) is 80.7 cm³/mol. The first-order valence-corrected chi connectivity index (χ1v) is 7.74. The molecule has 108 valence electrons. The van der Waals surface area contributed by atoms with Crippen molar-refractivity contribution in [2.45, 2.75) is 26.2 Å². The largest absolute Gasteiger partial charge is 0.274 e. The van der Waals surface area contributed by atoms with Crippen LogP contribution in [0.2, 0.25) is 0 Å². The Labute approximate surface area is 124 Å². The van der Waals surface area contributed by atoms with Crippen molar-refractivity contribution in [1.29, 1.82) is 0 Å². The number of fused-ring (bicyclic) bond motifs is 5. The highest BCUT2D eigenvalue weighted by Crippen LogP contribution is 2.53. The zero-order valence-corrected chi connectivity index (χ0v) is 12.3. The number of para-hydroxylation sites is 1. The highest BCUT2D eigenvalue weighted by molar-refractivity contribution is 6.23. The lowest BCUT2D eigenvalue weighted by atomic mass is 9.85. The van der Waals surface area contributed by atoms with Crippen LogP contribution in [0.3, 0.4) is 0 Å². The summed E-state index contributed by atoms with van der Waals surface area (Å²) in [5, 5.41) is 0. The van der Waals surface area contributed by atoms with E-state index in [1.165, 1.54) is 4.90 Å². The van der Waals surface area contributed by atoms with Gasteiger partial charge in [0.2, 0.25) is 11.8 Å². The van der Waals surface area contributed by atoms with E-state index in [1.807, 2.05) is 24.3 Å². The number of nitrogens with zero attached hydrogens (tertiary/aromatic N) is 1. The number of allylic oxidation sites excluding steroid dienone is 2. The summed E-state index contributed by atoms with van der Waals surface area (Å²) in [6.07, 6.45) is 5.25. The zero-order chi connectivity index (χ0) is 14.7. The maximum atomic E-state index is 12.8. The maximum absolute atomic E-state index is 12.8. The molecule has 4 unspecified atom stereocenters. The van der Waals surface area contributed by atoms with Gasteiger partial charge < -0.3 is 0 Å². The Bertz CT molecular complexity index is 631. The highest BCUT2D eigenvalue weighted by Gasteiger charge is 2.59. The molecule has 1 aromatic carbocycles. The van der Waals surface area contributed by atoms with Crippen LogP contribution in [-0.2, 0) is 9.59 Å². The normalized spacial score (nSPS) is 33.4. The van der Waals surface area contributed by atoms with Crippen LogP contribution < -0.4 is 4.90 Å². The van der Waals surface area contributed by atoms with E-state index >= 15 is 0 Å². The minimum Gasteiger partial charge on any atom is -0.274 e. The molecule has 0 aromatic heterocycles. The number of imide groups is 1. The average molecular weight is 281 g/mol. The monoisotopic (exact) mass is 281 g/mol. The number of anilines is 1. The van der Waals surface area contributed by atoms with Crippen LogP contribution in [-0.4, -0.2) is 11.8 Å². The van der Waals surface area contributed by atoms with E-state index in [0.717, 1.165) is 17.7 Å². The Morgan fingerprint density at radius 3 is 2.14 bits per heavy atom. The van der Waals surface area contributed by atoms with Gasteiger partial charge in [-0.2, -0.15) is 0 Å². The van der Waals surface area contributed by atoms with E-state index in [0.29, 0.717) is 0 Å². The van der Waals surface area contributed by atoms with E-state index < -0.39 is 0 Å². The molecule has 0 radical (unpaired) electrons. The molecule has 2 amide bonds. The fourth-order valence-corrected chi connectivity index (χ4v) is 4.32. The van der Waals surface area contributed by atoms with Crippen LogP contribution in [0, 0.1) is 23.7 Å². The number of carbonyl (C=O) groups is 2. The summed E-state index contributed by atoms with van der Waals surface area (Å²) in [5.41, 5.74) is 1.86. The second kappa shape index (κ2) is 4.30. The molecule has 1 heterocycles. The number of hydrogen-bond donors (Lipinski definition) is 0. The van der Waals surface area contributed by atoms with Crippen molar-refractivity contribution in [3.05, 3.63) is 42.0 Å². The Morgan fingerprint density at radius 1 is 1.00 bits per heavy atom. The van der Waals surface area contributed by atoms with Crippen molar-refractivity contribution in [3.8, 4) is 0 Å². The fourth-order valence-electron chi connectivity index (χ4n) is 4.32. The van der Waals surface area contributed by atoms with Gasteiger partial charge in [-0.1, -0.05) is 44.2 Å². The Kier molecular flexibility index (Phi) is 2.62. The van der Waals surface area contributed by atoms with Gasteiger partial charge in [0.15, 0.2) is 0 Å².